The van der Waals surface area contributed by atoms with Gasteiger partial charge in [0.05, 0.1) is 0 Å². The van der Waals surface area contributed by atoms with E-state index >= 15 is 0 Å². The number of rotatable bonds is 4. The summed E-state index contributed by atoms with van der Waals surface area (Å²) < 4.78 is 27.3. The van der Waals surface area contributed by atoms with E-state index in [9.17, 15) is 8.78 Å². The van der Waals surface area contributed by atoms with Gasteiger partial charge in [0, 0.05) is 37.2 Å². The summed E-state index contributed by atoms with van der Waals surface area (Å²) in [5, 5.41) is 2.88. The van der Waals surface area contributed by atoms with Crippen molar-refractivity contribution in [3.8, 4) is 0 Å². The number of anilines is 2. The molecule has 100 valence electrons. The fraction of sp³-hybridized carbons (Fsp3) is 0.583. The second-order valence-electron chi connectivity index (χ2n) is 4.15. The third-order valence-electron chi connectivity index (χ3n) is 2.76. The Hall–Kier alpha value is -1.04. The van der Waals surface area contributed by atoms with Gasteiger partial charge < -0.3 is 10.2 Å². The van der Waals surface area contributed by atoms with Crippen molar-refractivity contribution in [3.05, 3.63) is 17.7 Å². The summed E-state index contributed by atoms with van der Waals surface area (Å²) in [6.07, 6.45) is 0.869. The first-order valence-electron chi connectivity index (χ1n) is 6.15. The normalized spacial score (nSPS) is 15.8. The van der Waals surface area contributed by atoms with Crippen molar-refractivity contribution >= 4 is 23.4 Å². The molecule has 1 saturated heterocycles. The number of halogens is 2. The van der Waals surface area contributed by atoms with Crippen molar-refractivity contribution < 1.29 is 8.78 Å². The van der Waals surface area contributed by atoms with E-state index < -0.39 is 11.6 Å². The summed E-state index contributed by atoms with van der Waals surface area (Å²) in [6, 6.07) is 0.919. The Bertz CT molecular complexity index is 409. The zero-order valence-corrected chi connectivity index (χ0v) is 11.2. The summed E-state index contributed by atoms with van der Waals surface area (Å²) in [7, 11) is 0. The molecule has 1 aromatic heterocycles. The molecule has 0 radical (unpaired) electrons. The molecule has 1 fully saturated rings. The van der Waals surface area contributed by atoms with E-state index in [1.165, 1.54) is 0 Å². The quantitative estimate of drug-likeness (QED) is 0.913. The fourth-order valence-electron chi connectivity index (χ4n) is 1.82. The first-order valence-corrected chi connectivity index (χ1v) is 7.30. The predicted molar refractivity (Wildman–Crippen MR) is 72.5 cm³/mol. The molecule has 0 amide bonds. The molecule has 1 aliphatic heterocycles. The first kappa shape index (κ1) is 13.4. The molecule has 0 aliphatic carbocycles. The second kappa shape index (κ2) is 6.22. The summed E-state index contributed by atoms with van der Waals surface area (Å²) in [6.45, 7) is 4.13. The minimum atomic E-state index is -0.629. The molecular weight excluding hydrogens is 256 g/mol. The molecule has 1 N–H and O–H groups in total. The van der Waals surface area contributed by atoms with Crippen LogP contribution < -0.4 is 10.2 Å². The van der Waals surface area contributed by atoms with Gasteiger partial charge in [-0.25, -0.2) is 13.8 Å². The van der Waals surface area contributed by atoms with Crippen LogP contribution in [-0.4, -0.2) is 36.1 Å². The molecule has 0 saturated carbocycles. The zero-order chi connectivity index (χ0) is 13.0. The average Bonchev–Trinajstić information content (AvgIpc) is 2.39. The molecule has 6 heteroatoms. The van der Waals surface area contributed by atoms with Crippen LogP contribution >= 0.6 is 11.8 Å². The smallest absolute Gasteiger partial charge is 0.168 e. The first-order chi connectivity index (χ1) is 8.72. The van der Waals surface area contributed by atoms with Gasteiger partial charge in [-0.1, -0.05) is 6.92 Å². The number of nitrogens with one attached hydrogen (secondary N) is 1. The molecule has 0 bridgehead atoms. The van der Waals surface area contributed by atoms with E-state index in [1.54, 1.807) is 0 Å². The maximum Gasteiger partial charge on any atom is 0.168 e. The fourth-order valence-corrected chi connectivity index (χ4v) is 2.72. The Kier molecular flexibility index (Phi) is 4.63. The molecular formula is C12H17F2N3S. The Morgan fingerprint density at radius 3 is 2.72 bits per heavy atom. The van der Waals surface area contributed by atoms with E-state index in [2.05, 4.69) is 10.3 Å². The van der Waals surface area contributed by atoms with Gasteiger partial charge in [0.25, 0.3) is 0 Å². The van der Waals surface area contributed by atoms with Crippen LogP contribution in [0.1, 0.15) is 13.3 Å². The molecule has 0 unspecified atom stereocenters. The highest BCUT2D eigenvalue weighted by Gasteiger charge is 2.19. The van der Waals surface area contributed by atoms with Crippen molar-refractivity contribution in [2.75, 3.05) is 41.4 Å². The lowest BCUT2D eigenvalue weighted by molar-refractivity contribution is 0.570. The largest absolute Gasteiger partial charge is 0.368 e. The van der Waals surface area contributed by atoms with Crippen LogP contribution in [0.3, 0.4) is 0 Å². The molecule has 0 atom stereocenters. The molecule has 3 nitrogen and oxygen atoms in total. The number of thioether (sulfide) groups is 1. The minimum Gasteiger partial charge on any atom is -0.368 e. The minimum absolute atomic E-state index is 0.145. The summed E-state index contributed by atoms with van der Waals surface area (Å²) in [5.74, 6) is 1.10. The lowest BCUT2D eigenvalue weighted by Crippen LogP contribution is -2.34. The van der Waals surface area contributed by atoms with Gasteiger partial charge >= 0.3 is 0 Å². The maximum absolute atomic E-state index is 13.8. The standard InChI is InChI=1S/C12H17F2N3S/c1-2-3-15-11-9(13)8-10(14)12(16-11)17-4-6-18-7-5-17/h8H,2-7H2,1H3,(H,15,16). The molecule has 2 rings (SSSR count). The number of nitrogens with zero attached hydrogens (tertiary/aromatic N) is 2. The van der Waals surface area contributed by atoms with Gasteiger partial charge in [-0.3, -0.25) is 0 Å². The maximum atomic E-state index is 13.8. The lowest BCUT2D eigenvalue weighted by Gasteiger charge is -2.28. The van der Waals surface area contributed by atoms with E-state index in [4.69, 9.17) is 0 Å². The number of pyridine rings is 1. The molecule has 0 spiro atoms. The van der Waals surface area contributed by atoms with Gasteiger partial charge in [0.15, 0.2) is 23.3 Å². The van der Waals surface area contributed by atoms with Crippen LogP contribution in [0.15, 0.2) is 6.07 Å². The highest BCUT2D eigenvalue weighted by molar-refractivity contribution is 7.99. The predicted octanol–water partition coefficient (Wildman–Crippen LogP) is 2.73. The van der Waals surface area contributed by atoms with Gasteiger partial charge in [-0.05, 0) is 6.42 Å². The molecule has 2 heterocycles. The molecule has 1 aromatic rings. The Morgan fingerprint density at radius 1 is 1.33 bits per heavy atom. The van der Waals surface area contributed by atoms with E-state index in [0.717, 1.165) is 37.1 Å². The summed E-state index contributed by atoms with van der Waals surface area (Å²) in [4.78, 5) is 5.97. The number of hydrogen-bond donors (Lipinski definition) is 1. The molecule has 1 aliphatic rings. The van der Waals surface area contributed by atoms with E-state index in [1.807, 2.05) is 23.6 Å². The second-order valence-corrected chi connectivity index (χ2v) is 5.38. The highest BCUT2D eigenvalue weighted by Crippen LogP contribution is 2.24. The topological polar surface area (TPSA) is 28.2 Å². The third kappa shape index (κ3) is 3.04. The van der Waals surface area contributed by atoms with E-state index in [0.29, 0.717) is 6.54 Å². The van der Waals surface area contributed by atoms with Crippen LogP contribution in [-0.2, 0) is 0 Å². The highest BCUT2D eigenvalue weighted by atomic mass is 32.2. The van der Waals surface area contributed by atoms with Crippen LogP contribution in [0.4, 0.5) is 20.4 Å². The van der Waals surface area contributed by atoms with E-state index in [-0.39, 0.29) is 11.6 Å². The average molecular weight is 273 g/mol. The van der Waals surface area contributed by atoms with Crippen LogP contribution in [0.25, 0.3) is 0 Å². The number of aromatic nitrogens is 1. The Balaban J connectivity index is 2.22. The summed E-state index contributed by atoms with van der Waals surface area (Å²) in [5.41, 5.74) is 0. The lowest BCUT2D eigenvalue weighted by atomic mass is 10.3. The van der Waals surface area contributed by atoms with Gasteiger partial charge in [0.2, 0.25) is 0 Å². The van der Waals surface area contributed by atoms with Crippen LogP contribution in [0.2, 0.25) is 0 Å². The van der Waals surface area contributed by atoms with Crippen molar-refractivity contribution in [1.29, 1.82) is 0 Å². The Labute approximate surface area is 110 Å². The SMILES string of the molecule is CCCNc1nc(N2CCSCC2)c(F)cc1F. The third-order valence-corrected chi connectivity index (χ3v) is 3.71. The summed E-state index contributed by atoms with van der Waals surface area (Å²) >= 11 is 1.84. The van der Waals surface area contributed by atoms with Gasteiger partial charge in [0.1, 0.15) is 0 Å². The molecule has 0 aromatic carbocycles. The van der Waals surface area contributed by atoms with Crippen molar-refractivity contribution in [2.24, 2.45) is 0 Å². The zero-order valence-electron chi connectivity index (χ0n) is 10.4. The van der Waals surface area contributed by atoms with Crippen LogP contribution in [0, 0.1) is 11.6 Å². The van der Waals surface area contributed by atoms with Gasteiger partial charge in [-0.2, -0.15) is 11.8 Å². The van der Waals surface area contributed by atoms with Crippen molar-refractivity contribution in [2.45, 2.75) is 13.3 Å². The van der Waals surface area contributed by atoms with Crippen molar-refractivity contribution in [3.63, 3.8) is 0 Å². The van der Waals surface area contributed by atoms with Crippen LogP contribution in [0.5, 0.6) is 0 Å². The Morgan fingerprint density at radius 2 is 2.06 bits per heavy atom. The number of hydrogen-bond acceptors (Lipinski definition) is 4. The monoisotopic (exact) mass is 273 g/mol. The van der Waals surface area contributed by atoms with Crippen molar-refractivity contribution in [1.82, 2.24) is 4.98 Å². The molecule has 18 heavy (non-hydrogen) atoms. The van der Waals surface area contributed by atoms with Gasteiger partial charge in [-0.15, -0.1) is 0 Å².